The van der Waals surface area contributed by atoms with E-state index in [1.54, 1.807) is 24.3 Å². The molecule has 0 atom stereocenters. The van der Waals surface area contributed by atoms with Crippen molar-refractivity contribution in [2.45, 2.75) is 19.8 Å². The van der Waals surface area contributed by atoms with Crippen molar-refractivity contribution in [3.63, 3.8) is 0 Å². The Bertz CT molecular complexity index is 733. The van der Waals surface area contributed by atoms with Crippen molar-refractivity contribution in [3.8, 4) is 11.3 Å². The highest BCUT2D eigenvalue weighted by Gasteiger charge is 2.12. The molecule has 1 aromatic heterocycles. The molecule has 0 unspecified atom stereocenters. The van der Waals surface area contributed by atoms with E-state index in [4.69, 9.17) is 21.2 Å². The van der Waals surface area contributed by atoms with Crippen LogP contribution in [0.15, 0.2) is 40.4 Å². The van der Waals surface area contributed by atoms with Gasteiger partial charge in [0.15, 0.2) is 5.76 Å². The van der Waals surface area contributed by atoms with Gasteiger partial charge < -0.3 is 14.4 Å². The Morgan fingerprint density at radius 3 is 2.68 bits per heavy atom. The monoisotopic (exact) mass is 319 g/mol. The van der Waals surface area contributed by atoms with Gasteiger partial charge in [-0.1, -0.05) is 35.0 Å². The average Bonchev–Trinajstić information content (AvgIpc) is 2.91. The van der Waals surface area contributed by atoms with Crippen LogP contribution in [-0.2, 0) is 9.59 Å². The van der Waals surface area contributed by atoms with Crippen LogP contribution in [0, 0.1) is 0 Å². The zero-order chi connectivity index (χ0) is 16.1. The zero-order valence-electron chi connectivity index (χ0n) is 11.9. The van der Waals surface area contributed by atoms with Crippen LogP contribution in [-0.4, -0.2) is 22.0 Å². The van der Waals surface area contributed by atoms with E-state index < -0.39 is 5.97 Å². The number of rotatable bonds is 6. The summed E-state index contributed by atoms with van der Waals surface area (Å²) in [4.78, 5) is 22.2. The summed E-state index contributed by atoms with van der Waals surface area (Å²) in [5.74, 6) is -0.853. The predicted octanol–water partition coefficient (Wildman–Crippen LogP) is 3.83. The second kappa shape index (κ2) is 7.04. The van der Waals surface area contributed by atoms with Gasteiger partial charge in [-0.3, -0.25) is 0 Å². The van der Waals surface area contributed by atoms with E-state index in [0.717, 1.165) is 0 Å². The molecular formula is C16H14ClNO4. The van der Waals surface area contributed by atoms with Crippen molar-refractivity contribution < 1.29 is 19.2 Å². The van der Waals surface area contributed by atoms with E-state index in [1.165, 1.54) is 13.0 Å². The van der Waals surface area contributed by atoms with Crippen LogP contribution in [0.5, 0.6) is 0 Å². The summed E-state index contributed by atoms with van der Waals surface area (Å²) < 4.78 is 5.13. The van der Waals surface area contributed by atoms with Gasteiger partial charge in [-0.2, -0.15) is 0 Å². The van der Waals surface area contributed by atoms with Crippen molar-refractivity contribution in [3.05, 3.63) is 46.7 Å². The molecule has 6 heteroatoms. The quantitative estimate of drug-likeness (QED) is 0.818. The van der Waals surface area contributed by atoms with Crippen molar-refractivity contribution >= 4 is 29.4 Å². The van der Waals surface area contributed by atoms with Gasteiger partial charge in [-0.25, -0.2) is 4.79 Å². The van der Waals surface area contributed by atoms with Crippen LogP contribution in [0.3, 0.4) is 0 Å². The van der Waals surface area contributed by atoms with E-state index in [1.807, 2.05) is 6.07 Å². The van der Waals surface area contributed by atoms with Gasteiger partial charge in [0.05, 0.1) is 5.02 Å². The Balaban J connectivity index is 2.26. The molecule has 0 aliphatic heterocycles. The number of benzene rings is 1. The number of Topliss-reactive ketones (excluding diaryl/α,β-unsaturated/α-hetero) is 1. The molecule has 0 saturated carbocycles. The molecule has 2 rings (SSSR count). The van der Waals surface area contributed by atoms with Gasteiger partial charge in [0.2, 0.25) is 0 Å². The fraction of sp³-hybridized carbons (Fsp3) is 0.188. The lowest BCUT2D eigenvalue weighted by Gasteiger charge is -1.98. The lowest BCUT2D eigenvalue weighted by molar-refractivity contribution is -0.132. The van der Waals surface area contributed by atoms with Gasteiger partial charge >= 0.3 is 5.97 Å². The van der Waals surface area contributed by atoms with Crippen molar-refractivity contribution in [1.29, 1.82) is 0 Å². The van der Waals surface area contributed by atoms with E-state index in [0.29, 0.717) is 22.0 Å². The summed E-state index contributed by atoms with van der Waals surface area (Å²) in [6.45, 7) is 1.42. The second-order valence-corrected chi connectivity index (χ2v) is 5.18. The molecule has 0 bridgehead atoms. The molecule has 0 saturated heterocycles. The van der Waals surface area contributed by atoms with Gasteiger partial charge in [0, 0.05) is 23.6 Å². The number of carboxylic acids is 1. The number of nitrogens with zero attached hydrogens (tertiary/aromatic N) is 1. The number of carboxylic acid groups (broad SMARTS) is 1. The highest BCUT2D eigenvalue weighted by molar-refractivity contribution is 6.33. The van der Waals surface area contributed by atoms with Crippen LogP contribution in [0.25, 0.3) is 17.3 Å². The molecule has 0 aliphatic carbocycles. The van der Waals surface area contributed by atoms with Gasteiger partial charge in [0.25, 0.3) is 0 Å². The molecule has 114 valence electrons. The van der Waals surface area contributed by atoms with Crippen LogP contribution in [0.1, 0.15) is 25.5 Å². The average molecular weight is 320 g/mol. The third kappa shape index (κ3) is 4.05. The largest absolute Gasteiger partial charge is 0.478 e. The minimum Gasteiger partial charge on any atom is -0.478 e. The predicted molar refractivity (Wildman–Crippen MR) is 82.5 cm³/mol. The molecule has 0 aliphatic rings. The van der Waals surface area contributed by atoms with Crippen molar-refractivity contribution in [1.82, 2.24) is 5.16 Å². The van der Waals surface area contributed by atoms with E-state index in [9.17, 15) is 9.59 Å². The van der Waals surface area contributed by atoms with Gasteiger partial charge in [0.1, 0.15) is 11.5 Å². The van der Waals surface area contributed by atoms with Crippen LogP contribution in [0.2, 0.25) is 5.02 Å². The number of aromatic nitrogens is 1. The molecule has 0 radical (unpaired) electrons. The highest BCUT2D eigenvalue weighted by Crippen LogP contribution is 2.27. The third-order valence-corrected chi connectivity index (χ3v) is 3.35. The summed E-state index contributed by atoms with van der Waals surface area (Å²) in [5, 5.41) is 13.6. The maximum atomic E-state index is 11.2. The number of halogens is 1. The summed E-state index contributed by atoms with van der Waals surface area (Å²) in [6.07, 6.45) is 1.69. The van der Waals surface area contributed by atoms with Crippen molar-refractivity contribution in [2.75, 3.05) is 0 Å². The molecule has 0 amide bonds. The zero-order valence-corrected chi connectivity index (χ0v) is 12.6. The summed E-state index contributed by atoms with van der Waals surface area (Å²) in [6, 6.07) is 8.76. The molecule has 5 nitrogen and oxygen atoms in total. The smallest absolute Gasteiger partial charge is 0.331 e. The fourth-order valence-electron chi connectivity index (χ4n) is 1.88. The molecule has 2 aromatic rings. The minimum atomic E-state index is -1.09. The number of ketones is 1. The standard InChI is InChI=1S/C16H14ClNO4/c1-10(19)6-7-11(16(20)21)8-12-9-15(18-22-12)13-4-2-3-5-14(13)17/h2-5,8-9H,6-7H2,1H3,(H,20,21)/b11-8-. The maximum Gasteiger partial charge on any atom is 0.331 e. The first-order chi connectivity index (χ1) is 10.5. The number of hydrogen-bond donors (Lipinski definition) is 1. The second-order valence-electron chi connectivity index (χ2n) is 4.77. The molecule has 1 heterocycles. The Labute approximate surface area is 132 Å². The Morgan fingerprint density at radius 2 is 2.05 bits per heavy atom. The van der Waals surface area contributed by atoms with Gasteiger partial charge in [-0.15, -0.1) is 0 Å². The summed E-state index contributed by atoms with van der Waals surface area (Å²) >= 11 is 6.08. The number of carbonyl (C=O) groups excluding carboxylic acids is 1. The topological polar surface area (TPSA) is 80.4 Å². The Hall–Kier alpha value is -2.40. The molecular weight excluding hydrogens is 306 g/mol. The molecule has 22 heavy (non-hydrogen) atoms. The first kappa shape index (κ1) is 16.0. The van der Waals surface area contributed by atoms with Crippen LogP contribution in [0.4, 0.5) is 0 Å². The molecule has 0 spiro atoms. The van der Waals surface area contributed by atoms with E-state index in [2.05, 4.69) is 5.16 Å². The summed E-state index contributed by atoms with van der Waals surface area (Å²) in [7, 11) is 0. The SMILES string of the molecule is CC(=O)CC/C(=C/c1cc(-c2ccccc2Cl)no1)C(=O)O. The first-order valence-corrected chi connectivity index (χ1v) is 7.00. The van der Waals surface area contributed by atoms with Crippen LogP contribution >= 0.6 is 11.6 Å². The molecule has 0 fully saturated rings. The Morgan fingerprint density at radius 1 is 1.32 bits per heavy atom. The van der Waals surface area contributed by atoms with Crippen LogP contribution < -0.4 is 0 Å². The van der Waals surface area contributed by atoms with E-state index in [-0.39, 0.29) is 24.2 Å². The highest BCUT2D eigenvalue weighted by atomic mass is 35.5. The Kier molecular flexibility index (Phi) is 5.12. The van der Waals surface area contributed by atoms with Gasteiger partial charge in [-0.05, 0) is 25.5 Å². The lowest BCUT2D eigenvalue weighted by atomic mass is 10.1. The summed E-state index contributed by atoms with van der Waals surface area (Å²) in [5.41, 5.74) is 1.32. The molecule has 1 aromatic carbocycles. The number of hydrogen-bond acceptors (Lipinski definition) is 4. The first-order valence-electron chi connectivity index (χ1n) is 6.62. The lowest BCUT2D eigenvalue weighted by Crippen LogP contribution is -2.02. The molecule has 1 N–H and O–H groups in total. The number of carbonyl (C=O) groups is 2. The third-order valence-electron chi connectivity index (χ3n) is 3.02. The number of aliphatic carboxylic acids is 1. The fourth-order valence-corrected chi connectivity index (χ4v) is 2.11. The van der Waals surface area contributed by atoms with E-state index >= 15 is 0 Å². The maximum absolute atomic E-state index is 11.2. The van der Waals surface area contributed by atoms with Crippen molar-refractivity contribution in [2.24, 2.45) is 0 Å². The normalized spacial score (nSPS) is 11.5. The minimum absolute atomic E-state index is 0.0681.